The van der Waals surface area contributed by atoms with Gasteiger partial charge in [-0.25, -0.2) is 4.39 Å². The first kappa shape index (κ1) is 12.7. The molecule has 1 aromatic heterocycles. The lowest BCUT2D eigenvalue weighted by Crippen LogP contribution is -2.17. The number of rotatable bonds is 4. The van der Waals surface area contributed by atoms with Crippen molar-refractivity contribution in [2.75, 3.05) is 0 Å². The van der Waals surface area contributed by atoms with Crippen LogP contribution in [0.5, 0.6) is 0 Å². The molecule has 1 heterocycles. The summed E-state index contributed by atoms with van der Waals surface area (Å²) in [6.45, 7) is 2.90. The van der Waals surface area contributed by atoms with Crippen molar-refractivity contribution in [2.45, 2.75) is 19.5 Å². The standard InChI is InChI=1S/C13H13BrFNS/c1-9(11-2-4-12(15)5-3-11)16-7-10-6-13(14)17-8-10/h2-6,8-9,16H,7H2,1H3. The predicted molar refractivity (Wildman–Crippen MR) is 73.7 cm³/mol. The maximum Gasteiger partial charge on any atom is 0.123 e. The lowest BCUT2D eigenvalue weighted by atomic mass is 10.1. The number of halogens is 2. The van der Waals surface area contributed by atoms with Crippen molar-refractivity contribution < 1.29 is 4.39 Å². The minimum absolute atomic E-state index is 0.192. The molecule has 0 aliphatic heterocycles. The van der Waals surface area contributed by atoms with Crippen LogP contribution in [0.1, 0.15) is 24.1 Å². The molecule has 1 nitrogen and oxygen atoms in total. The van der Waals surface area contributed by atoms with Gasteiger partial charge in [-0.1, -0.05) is 12.1 Å². The van der Waals surface area contributed by atoms with Gasteiger partial charge in [-0.15, -0.1) is 11.3 Å². The van der Waals surface area contributed by atoms with E-state index in [4.69, 9.17) is 0 Å². The molecule has 0 spiro atoms. The average molecular weight is 314 g/mol. The van der Waals surface area contributed by atoms with Gasteiger partial charge >= 0.3 is 0 Å². The van der Waals surface area contributed by atoms with Crippen molar-refractivity contribution in [2.24, 2.45) is 0 Å². The molecule has 1 atom stereocenters. The summed E-state index contributed by atoms with van der Waals surface area (Å²) >= 11 is 5.12. The molecule has 0 bridgehead atoms. The predicted octanol–water partition coefficient (Wildman–Crippen LogP) is 4.50. The normalized spacial score (nSPS) is 12.6. The third-order valence-electron chi connectivity index (χ3n) is 2.60. The zero-order valence-electron chi connectivity index (χ0n) is 9.41. The fourth-order valence-electron chi connectivity index (χ4n) is 1.58. The molecule has 1 unspecified atom stereocenters. The van der Waals surface area contributed by atoms with Crippen molar-refractivity contribution in [3.63, 3.8) is 0 Å². The first-order valence-electron chi connectivity index (χ1n) is 5.37. The van der Waals surface area contributed by atoms with Crippen LogP contribution in [-0.4, -0.2) is 0 Å². The molecule has 0 radical (unpaired) electrons. The van der Waals surface area contributed by atoms with Gasteiger partial charge in [-0.05, 0) is 57.6 Å². The van der Waals surface area contributed by atoms with Crippen LogP contribution in [0.2, 0.25) is 0 Å². The van der Waals surface area contributed by atoms with E-state index in [0.29, 0.717) is 0 Å². The number of nitrogens with one attached hydrogen (secondary N) is 1. The Labute approximate surface area is 113 Å². The van der Waals surface area contributed by atoms with Crippen LogP contribution in [0.25, 0.3) is 0 Å². The van der Waals surface area contributed by atoms with E-state index >= 15 is 0 Å². The van der Waals surface area contributed by atoms with Crippen LogP contribution >= 0.6 is 27.3 Å². The van der Waals surface area contributed by atoms with Gasteiger partial charge in [0.15, 0.2) is 0 Å². The second-order valence-corrected chi connectivity index (χ2v) is 6.20. The summed E-state index contributed by atoms with van der Waals surface area (Å²) in [5, 5.41) is 5.53. The molecule has 0 amide bonds. The van der Waals surface area contributed by atoms with Crippen LogP contribution in [0.3, 0.4) is 0 Å². The van der Waals surface area contributed by atoms with E-state index < -0.39 is 0 Å². The summed E-state index contributed by atoms with van der Waals surface area (Å²) in [6, 6.07) is 8.94. The summed E-state index contributed by atoms with van der Waals surface area (Å²) in [7, 11) is 0. The van der Waals surface area contributed by atoms with E-state index in [9.17, 15) is 4.39 Å². The Morgan fingerprint density at radius 1 is 1.35 bits per heavy atom. The van der Waals surface area contributed by atoms with Crippen LogP contribution in [0.15, 0.2) is 39.5 Å². The Balaban J connectivity index is 1.93. The van der Waals surface area contributed by atoms with Crippen LogP contribution < -0.4 is 5.32 Å². The topological polar surface area (TPSA) is 12.0 Å². The monoisotopic (exact) mass is 313 g/mol. The van der Waals surface area contributed by atoms with E-state index in [1.807, 2.05) is 12.1 Å². The highest BCUT2D eigenvalue weighted by molar-refractivity contribution is 9.11. The van der Waals surface area contributed by atoms with Crippen molar-refractivity contribution in [3.8, 4) is 0 Å². The van der Waals surface area contributed by atoms with Gasteiger partial charge < -0.3 is 5.32 Å². The van der Waals surface area contributed by atoms with Crippen LogP contribution in [-0.2, 0) is 6.54 Å². The summed E-state index contributed by atoms with van der Waals surface area (Å²) in [6.07, 6.45) is 0. The second-order valence-electron chi connectivity index (χ2n) is 3.91. The molecule has 2 aromatic rings. The van der Waals surface area contributed by atoms with Crippen molar-refractivity contribution in [3.05, 3.63) is 56.4 Å². The molecule has 17 heavy (non-hydrogen) atoms. The quantitative estimate of drug-likeness (QED) is 0.876. The lowest BCUT2D eigenvalue weighted by Gasteiger charge is -2.13. The largest absolute Gasteiger partial charge is 0.306 e. The van der Waals surface area contributed by atoms with Gasteiger partial charge in [-0.3, -0.25) is 0 Å². The molecule has 0 aliphatic rings. The Bertz CT molecular complexity index is 480. The lowest BCUT2D eigenvalue weighted by molar-refractivity contribution is 0.572. The van der Waals surface area contributed by atoms with E-state index in [-0.39, 0.29) is 11.9 Å². The molecule has 2 rings (SSSR count). The highest BCUT2D eigenvalue weighted by atomic mass is 79.9. The molecular formula is C13H13BrFNS. The molecular weight excluding hydrogens is 301 g/mol. The van der Waals surface area contributed by atoms with E-state index in [1.54, 1.807) is 11.3 Å². The molecule has 1 N–H and O–H groups in total. The zero-order chi connectivity index (χ0) is 12.3. The van der Waals surface area contributed by atoms with E-state index in [0.717, 1.165) is 15.9 Å². The fraction of sp³-hybridized carbons (Fsp3) is 0.231. The Kier molecular flexibility index (Phi) is 4.31. The molecule has 90 valence electrons. The summed E-state index contributed by atoms with van der Waals surface area (Å²) in [5.41, 5.74) is 2.36. The number of hydrogen-bond acceptors (Lipinski definition) is 2. The SMILES string of the molecule is CC(NCc1csc(Br)c1)c1ccc(F)cc1. The third kappa shape index (κ3) is 3.63. The molecule has 0 fully saturated rings. The van der Waals surface area contributed by atoms with Crippen LogP contribution in [0.4, 0.5) is 4.39 Å². The van der Waals surface area contributed by atoms with Gasteiger partial charge in [0, 0.05) is 12.6 Å². The first-order chi connectivity index (χ1) is 8.15. The third-order valence-corrected chi connectivity index (χ3v) is 4.16. The van der Waals surface area contributed by atoms with Crippen molar-refractivity contribution >= 4 is 27.3 Å². The van der Waals surface area contributed by atoms with E-state index in [2.05, 4.69) is 39.6 Å². The summed E-state index contributed by atoms with van der Waals surface area (Å²) in [4.78, 5) is 0. The molecule has 0 saturated carbocycles. The summed E-state index contributed by atoms with van der Waals surface area (Å²) in [5.74, 6) is -0.192. The second kappa shape index (κ2) is 5.76. The molecule has 0 saturated heterocycles. The van der Waals surface area contributed by atoms with Gasteiger partial charge in [0.1, 0.15) is 5.82 Å². The minimum Gasteiger partial charge on any atom is -0.306 e. The first-order valence-corrected chi connectivity index (χ1v) is 7.04. The van der Waals surface area contributed by atoms with Gasteiger partial charge in [0.05, 0.1) is 3.79 Å². The maximum atomic E-state index is 12.8. The maximum absolute atomic E-state index is 12.8. The van der Waals surface area contributed by atoms with Crippen molar-refractivity contribution in [1.29, 1.82) is 0 Å². The molecule has 1 aromatic carbocycles. The Hall–Kier alpha value is -0.710. The molecule has 0 aliphatic carbocycles. The highest BCUT2D eigenvalue weighted by Crippen LogP contribution is 2.21. The average Bonchev–Trinajstić information content (AvgIpc) is 2.73. The highest BCUT2D eigenvalue weighted by Gasteiger charge is 2.05. The Morgan fingerprint density at radius 3 is 2.65 bits per heavy atom. The zero-order valence-corrected chi connectivity index (χ0v) is 11.8. The van der Waals surface area contributed by atoms with E-state index in [1.165, 1.54) is 17.7 Å². The van der Waals surface area contributed by atoms with Crippen LogP contribution in [0, 0.1) is 5.82 Å². The fourth-order valence-corrected chi connectivity index (χ4v) is 2.79. The van der Waals surface area contributed by atoms with Gasteiger partial charge in [-0.2, -0.15) is 0 Å². The smallest absolute Gasteiger partial charge is 0.123 e. The number of thiophene rings is 1. The summed E-state index contributed by atoms with van der Waals surface area (Å²) < 4.78 is 13.9. The van der Waals surface area contributed by atoms with Gasteiger partial charge in [0.25, 0.3) is 0 Å². The number of hydrogen-bond donors (Lipinski definition) is 1. The molecule has 4 heteroatoms. The van der Waals surface area contributed by atoms with Gasteiger partial charge in [0.2, 0.25) is 0 Å². The number of benzene rings is 1. The van der Waals surface area contributed by atoms with Crippen molar-refractivity contribution in [1.82, 2.24) is 5.32 Å². The minimum atomic E-state index is -0.192. The Morgan fingerprint density at radius 2 is 2.06 bits per heavy atom.